The van der Waals surface area contributed by atoms with Gasteiger partial charge in [-0.1, -0.05) is 50.5 Å². The van der Waals surface area contributed by atoms with Crippen LogP contribution < -0.4 is 0 Å². The van der Waals surface area contributed by atoms with Crippen molar-refractivity contribution < 1.29 is 24.5 Å². The Morgan fingerprint density at radius 1 is 1.08 bits per heavy atom. The zero-order chi connectivity index (χ0) is 19.4. The largest absolute Gasteiger partial charge is 0.477 e. The van der Waals surface area contributed by atoms with Crippen molar-refractivity contribution in [1.29, 1.82) is 0 Å². The number of halogens is 1. The van der Waals surface area contributed by atoms with Crippen LogP contribution in [0.25, 0.3) is 0 Å². The third-order valence-electron chi connectivity index (χ3n) is 5.39. The van der Waals surface area contributed by atoms with Crippen molar-refractivity contribution in [2.24, 2.45) is 17.8 Å². The zero-order valence-corrected chi connectivity index (χ0v) is 15.9. The van der Waals surface area contributed by atoms with Crippen LogP contribution in [0, 0.1) is 17.8 Å². The molecule has 0 aromatic heterocycles. The maximum absolute atomic E-state index is 13.3. The number of carboxylic acid groups (broad SMARTS) is 1. The molecule has 0 aliphatic heterocycles. The number of aliphatic hydroxyl groups is 2. The fourth-order valence-corrected chi connectivity index (χ4v) is 3.69. The molecule has 1 saturated carbocycles. The van der Waals surface area contributed by atoms with Gasteiger partial charge in [-0.05, 0) is 56.3 Å². The Hall–Kier alpha value is -1.20. The number of aliphatic carboxylic acids is 1. The Morgan fingerprint density at radius 3 is 2.46 bits per heavy atom. The van der Waals surface area contributed by atoms with Gasteiger partial charge in [0, 0.05) is 6.42 Å². The van der Waals surface area contributed by atoms with E-state index in [4.69, 9.17) is 5.11 Å². The first-order valence-corrected chi connectivity index (χ1v) is 9.98. The van der Waals surface area contributed by atoms with Crippen molar-refractivity contribution in [2.75, 3.05) is 6.67 Å². The molecule has 0 heterocycles. The van der Waals surface area contributed by atoms with Crippen LogP contribution in [0.2, 0.25) is 0 Å². The molecule has 3 atom stereocenters. The van der Waals surface area contributed by atoms with Gasteiger partial charge < -0.3 is 15.3 Å². The standard InChI is InChI=1S/C21H35FO4/c1-2-3-4-5-6-9-12-19-17(13-14-18(19)16-22)11-8-7-10-15-21(25,26)20(23)24/h7-9,12,17-19,25-26H,2-6,10-11,13-16H2,1H3,(H,23,24)/b8-7-,12-9+/t17-,18-,19+/m0/s1. The smallest absolute Gasteiger partial charge is 0.364 e. The summed E-state index contributed by atoms with van der Waals surface area (Å²) in [5, 5.41) is 27.2. The van der Waals surface area contributed by atoms with Gasteiger partial charge in [0.15, 0.2) is 0 Å². The molecule has 4 nitrogen and oxygen atoms in total. The van der Waals surface area contributed by atoms with Gasteiger partial charge in [-0.15, -0.1) is 0 Å². The topological polar surface area (TPSA) is 77.8 Å². The highest BCUT2D eigenvalue weighted by Gasteiger charge is 2.33. The molecule has 0 amide bonds. The van der Waals surface area contributed by atoms with E-state index in [1.165, 1.54) is 25.7 Å². The van der Waals surface area contributed by atoms with Gasteiger partial charge in [0.05, 0.1) is 6.67 Å². The third-order valence-corrected chi connectivity index (χ3v) is 5.39. The summed E-state index contributed by atoms with van der Waals surface area (Å²) in [5.41, 5.74) is 0. The lowest BCUT2D eigenvalue weighted by atomic mass is 9.87. The molecule has 1 fully saturated rings. The van der Waals surface area contributed by atoms with Gasteiger partial charge >= 0.3 is 5.97 Å². The summed E-state index contributed by atoms with van der Waals surface area (Å²) in [7, 11) is 0. The van der Waals surface area contributed by atoms with Gasteiger partial charge in [-0.25, -0.2) is 4.79 Å². The third kappa shape index (κ3) is 8.00. The molecule has 0 bridgehead atoms. The minimum Gasteiger partial charge on any atom is -0.477 e. The van der Waals surface area contributed by atoms with Gasteiger partial charge in [0.2, 0.25) is 0 Å². The molecule has 1 rings (SSSR count). The first-order valence-electron chi connectivity index (χ1n) is 9.98. The highest BCUT2D eigenvalue weighted by atomic mass is 19.1. The van der Waals surface area contributed by atoms with Crippen LogP contribution in [-0.2, 0) is 4.79 Å². The van der Waals surface area contributed by atoms with Crippen molar-refractivity contribution in [3.8, 4) is 0 Å². The molecular weight excluding hydrogens is 335 g/mol. The molecule has 0 spiro atoms. The minimum absolute atomic E-state index is 0.106. The molecule has 5 heteroatoms. The zero-order valence-electron chi connectivity index (χ0n) is 15.9. The second-order valence-corrected chi connectivity index (χ2v) is 7.47. The van der Waals surface area contributed by atoms with Gasteiger partial charge in [-0.2, -0.15) is 0 Å². The number of unbranched alkanes of at least 4 members (excludes halogenated alkanes) is 4. The predicted molar refractivity (Wildman–Crippen MR) is 101 cm³/mol. The number of rotatable bonds is 13. The summed E-state index contributed by atoms with van der Waals surface area (Å²) in [6.07, 6.45) is 16.9. The summed E-state index contributed by atoms with van der Waals surface area (Å²) in [5.74, 6) is -3.51. The van der Waals surface area contributed by atoms with Crippen molar-refractivity contribution >= 4 is 5.97 Å². The van der Waals surface area contributed by atoms with Gasteiger partial charge in [-0.3, -0.25) is 4.39 Å². The quantitative estimate of drug-likeness (QED) is 0.251. The van der Waals surface area contributed by atoms with E-state index >= 15 is 0 Å². The molecule has 0 unspecified atom stereocenters. The number of carbonyl (C=O) groups is 1. The molecule has 0 saturated heterocycles. The van der Waals surface area contributed by atoms with Crippen molar-refractivity contribution in [3.05, 3.63) is 24.3 Å². The Bertz CT molecular complexity index is 459. The molecular formula is C21H35FO4. The van der Waals surface area contributed by atoms with Crippen LogP contribution in [-0.4, -0.2) is 33.8 Å². The summed E-state index contributed by atoms with van der Waals surface area (Å²) in [6.45, 7) is 1.92. The fraction of sp³-hybridized carbons (Fsp3) is 0.762. The monoisotopic (exact) mass is 370 g/mol. The second-order valence-electron chi connectivity index (χ2n) is 7.47. The summed E-state index contributed by atoms with van der Waals surface area (Å²) >= 11 is 0. The highest BCUT2D eigenvalue weighted by molar-refractivity contribution is 5.74. The van der Waals surface area contributed by atoms with E-state index in [0.29, 0.717) is 5.92 Å². The lowest BCUT2D eigenvalue weighted by Crippen LogP contribution is -2.37. The number of hydrogen-bond donors (Lipinski definition) is 3. The van der Waals surface area contributed by atoms with Crippen LogP contribution in [0.3, 0.4) is 0 Å². The molecule has 0 radical (unpaired) electrons. The molecule has 1 aliphatic rings. The summed E-state index contributed by atoms with van der Waals surface area (Å²) in [4.78, 5) is 10.6. The number of alkyl halides is 1. The summed E-state index contributed by atoms with van der Waals surface area (Å²) in [6, 6.07) is 0. The van der Waals surface area contributed by atoms with E-state index in [2.05, 4.69) is 19.1 Å². The van der Waals surface area contributed by atoms with Gasteiger partial charge in [0.25, 0.3) is 5.79 Å². The molecule has 0 aromatic rings. The van der Waals surface area contributed by atoms with Crippen LogP contribution >= 0.6 is 0 Å². The number of hydrogen-bond acceptors (Lipinski definition) is 3. The lowest BCUT2D eigenvalue weighted by Gasteiger charge is -2.19. The fourth-order valence-electron chi connectivity index (χ4n) is 3.69. The molecule has 3 N–H and O–H groups in total. The van der Waals surface area contributed by atoms with E-state index in [9.17, 15) is 19.4 Å². The van der Waals surface area contributed by atoms with E-state index < -0.39 is 11.8 Å². The van der Waals surface area contributed by atoms with E-state index in [1.807, 2.05) is 6.08 Å². The van der Waals surface area contributed by atoms with E-state index in [-0.39, 0.29) is 31.4 Å². The van der Waals surface area contributed by atoms with E-state index in [0.717, 1.165) is 25.7 Å². The highest BCUT2D eigenvalue weighted by Crippen LogP contribution is 2.40. The Balaban J connectivity index is 2.42. The predicted octanol–water partition coefficient (Wildman–Crippen LogP) is 4.62. The minimum atomic E-state index is -2.67. The maximum atomic E-state index is 13.3. The Labute approximate surface area is 156 Å². The molecule has 26 heavy (non-hydrogen) atoms. The van der Waals surface area contributed by atoms with Crippen LogP contribution in [0.1, 0.15) is 71.1 Å². The lowest BCUT2D eigenvalue weighted by molar-refractivity contribution is -0.205. The SMILES string of the molecule is CCCCCC/C=C/[C@H]1[C@H](CF)CC[C@@H]1C/C=C\CCC(O)(O)C(=O)O. The second kappa shape index (κ2) is 12.2. The Morgan fingerprint density at radius 2 is 1.81 bits per heavy atom. The van der Waals surface area contributed by atoms with E-state index in [1.54, 1.807) is 6.08 Å². The maximum Gasteiger partial charge on any atom is 0.364 e. The van der Waals surface area contributed by atoms with Crippen LogP contribution in [0.5, 0.6) is 0 Å². The van der Waals surface area contributed by atoms with Crippen molar-refractivity contribution in [3.63, 3.8) is 0 Å². The molecule has 1 aliphatic carbocycles. The number of carboxylic acids is 1. The van der Waals surface area contributed by atoms with Crippen molar-refractivity contribution in [2.45, 2.75) is 76.9 Å². The Kier molecular flexibility index (Phi) is 10.7. The van der Waals surface area contributed by atoms with Crippen LogP contribution in [0.4, 0.5) is 4.39 Å². The normalized spacial score (nSPS) is 24.1. The summed E-state index contributed by atoms with van der Waals surface area (Å²) < 4.78 is 13.3. The first-order chi connectivity index (χ1) is 12.4. The average molecular weight is 371 g/mol. The average Bonchev–Trinajstić information content (AvgIpc) is 2.99. The van der Waals surface area contributed by atoms with Crippen molar-refractivity contribution in [1.82, 2.24) is 0 Å². The first kappa shape index (κ1) is 22.8. The molecule has 150 valence electrons. The van der Waals surface area contributed by atoms with Crippen LogP contribution in [0.15, 0.2) is 24.3 Å². The number of allylic oxidation sites excluding steroid dienone is 4. The molecule has 0 aromatic carbocycles. The van der Waals surface area contributed by atoms with Gasteiger partial charge in [0.1, 0.15) is 0 Å².